The molecule has 6 heteroatoms. The highest BCUT2D eigenvalue weighted by Crippen LogP contribution is 2.20. The van der Waals surface area contributed by atoms with Crippen LogP contribution >= 0.6 is 0 Å². The van der Waals surface area contributed by atoms with Crippen LogP contribution in [0.1, 0.15) is 23.2 Å². The molecule has 1 aromatic rings. The molecule has 0 saturated carbocycles. The van der Waals surface area contributed by atoms with Gasteiger partial charge in [0.25, 0.3) is 0 Å². The minimum atomic E-state index is -0.425. The molecule has 2 heterocycles. The van der Waals surface area contributed by atoms with Crippen LogP contribution in [0.4, 0.5) is 11.5 Å². The minimum Gasteiger partial charge on any atom is -0.465 e. The van der Waals surface area contributed by atoms with Crippen LogP contribution < -0.4 is 11.1 Å². The third-order valence-electron chi connectivity index (χ3n) is 3.28. The molecule has 0 radical (unpaired) electrons. The van der Waals surface area contributed by atoms with E-state index in [0.717, 1.165) is 25.9 Å². The first-order valence-electron chi connectivity index (χ1n) is 6.39. The Morgan fingerprint density at radius 1 is 1.63 bits per heavy atom. The zero-order valence-corrected chi connectivity index (χ0v) is 11.3. The molecule has 3 N–H and O–H groups in total. The highest BCUT2D eigenvalue weighted by Gasteiger charge is 2.20. The molecule has 1 unspecified atom stereocenters. The topological polar surface area (TPSA) is 80.5 Å². The standard InChI is InChI=1S/C13H20N4O2/c1-17-5-3-4-10(8-17)16-12-11(13(18)19-2)6-9(14)7-15-12/h6-7,10H,3-5,8,14H2,1-2H3,(H,15,16). The summed E-state index contributed by atoms with van der Waals surface area (Å²) in [6.07, 6.45) is 3.75. The number of aromatic nitrogens is 1. The van der Waals surface area contributed by atoms with Crippen molar-refractivity contribution in [1.82, 2.24) is 9.88 Å². The highest BCUT2D eigenvalue weighted by atomic mass is 16.5. The summed E-state index contributed by atoms with van der Waals surface area (Å²) in [5, 5.41) is 3.31. The van der Waals surface area contributed by atoms with E-state index in [2.05, 4.69) is 22.2 Å². The summed E-state index contributed by atoms with van der Waals surface area (Å²) >= 11 is 0. The number of nitrogen functional groups attached to an aromatic ring is 1. The monoisotopic (exact) mass is 264 g/mol. The van der Waals surface area contributed by atoms with Gasteiger partial charge in [0.15, 0.2) is 0 Å². The molecule has 1 aliphatic heterocycles. The van der Waals surface area contributed by atoms with Gasteiger partial charge in [-0.15, -0.1) is 0 Å². The summed E-state index contributed by atoms with van der Waals surface area (Å²) in [7, 11) is 3.44. The number of rotatable bonds is 3. The number of nitrogens with one attached hydrogen (secondary N) is 1. The summed E-state index contributed by atoms with van der Waals surface area (Å²) in [5.41, 5.74) is 6.50. The number of ether oxygens (including phenoxy) is 1. The van der Waals surface area contributed by atoms with Crippen LogP contribution in [0.3, 0.4) is 0 Å². The molecule has 0 amide bonds. The predicted molar refractivity (Wildman–Crippen MR) is 74.1 cm³/mol. The molecule has 6 nitrogen and oxygen atoms in total. The van der Waals surface area contributed by atoms with E-state index in [1.54, 1.807) is 12.3 Å². The molecule has 0 spiro atoms. The number of hydrogen-bond acceptors (Lipinski definition) is 6. The summed E-state index contributed by atoms with van der Waals surface area (Å²) in [4.78, 5) is 18.2. The smallest absolute Gasteiger partial charge is 0.341 e. The maximum atomic E-state index is 11.7. The average Bonchev–Trinajstić information content (AvgIpc) is 2.40. The lowest BCUT2D eigenvalue weighted by Gasteiger charge is -2.30. The number of carbonyl (C=O) groups is 1. The average molecular weight is 264 g/mol. The fourth-order valence-corrected chi connectivity index (χ4v) is 2.34. The van der Waals surface area contributed by atoms with Gasteiger partial charge in [0, 0.05) is 12.6 Å². The number of anilines is 2. The van der Waals surface area contributed by atoms with Gasteiger partial charge in [0.1, 0.15) is 11.4 Å². The summed E-state index contributed by atoms with van der Waals surface area (Å²) < 4.78 is 4.76. The van der Waals surface area contributed by atoms with E-state index < -0.39 is 5.97 Å². The van der Waals surface area contributed by atoms with Crippen LogP contribution in [0.5, 0.6) is 0 Å². The van der Waals surface area contributed by atoms with E-state index in [4.69, 9.17) is 10.5 Å². The molecule has 2 rings (SSSR count). The third kappa shape index (κ3) is 3.35. The van der Waals surface area contributed by atoms with Crippen LogP contribution in [0, 0.1) is 0 Å². The van der Waals surface area contributed by atoms with Gasteiger partial charge in [-0.1, -0.05) is 0 Å². The van der Waals surface area contributed by atoms with E-state index >= 15 is 0 Å². The quantitative estimate of drug-likeness (QED) is 0.791. The number of likely N-dealkylation sites (N-methyl/N-ethyl adjacent to an activating group) is 1. The zero-order valence-electron chi connectivity index (χ0n) is 11.3. The second-order valence-corrected chi connectivity index (χ2v) is 4.90. The van der Waals surface area contributed by atoms with Gasteiger partial charge in [-0.25, -0.2) is 9.78 Å². The van der Waals surface area contributed by atoms with E-state index in [-0.39, 0.29) is 0 Å². The fraction of sp³-hybridized carbons (Fsp3) is 0.538. The molecule has 0 aliphatic carbocycles. The molecule has 1 saturated heterocycles. The number of likely N-dealkylation sites (tertiary alicyclic amines) is 1. The van der Waals surface area contributed by atoms with Crippen molar-refractivity contribution < 1.29 is 9.53 Å². The Labute approximate surface area is 112 Å². The summed E-state index contributed by atoms with van der Waals surface area (Å²) in [5.74, 6) is 0.118. The largest absolute Gasteiger partial charge is 0.465 e. The van der Waals surface area contributed by atoms with Crippen molar-refractivity contribution in [3.63, 3.8) is 0 Å². The Balaban J connectivity index is 2.17. The van der Waals surface area contributed by atoms with Gasteiger partial charge in [0.2, 0.25) is 0 Å². The second-order valence-electron chi connectivity index (χ2n) is 4.90. The number of esters is 1. The lowest BCUT2D eigenvalue weighted by atomic mass is 10.1. The van der Waals surface area contributed by atoms with Gasteiger partial charge < -0.3 is 20.7 Å². The van der Waals surface area contributed by atoms with Crippen molar-refractivity contribution in [2.45, 2.75) is 18.9 Å². The molecular weight excluding hydrogens is 244 g/mol. The lowest BCUT2D eigenvalue weighted by Crippen LogP contribution is -2.40. The molecule has 1 atom stereocenters. The maximum absolute atomic E-state index is 11.7. The van der Waals surface area contributed by atoms with Crippen molar-refractivity contribution in [2.24, 2.45) is 0 Å². The molecule has 19 heavy (non-hydrogen) atoms. The molecule has 1 aliphatic rings. The Kier molecular flexibility index (Phi) is 4.21. The Hall–Kier alpha value is -1.82. The Bertz CT molecular complexity index is 464. The van der Waals surface area contributed by atoms with E-state index in [9.17, 15) is 4.79 Å². The Morgan fingerprint density at radius 3 is 3.11 bits per heavy atom. The lowest BCUT2D eigenvalue weighted by molar-refractivity contribution is 0.0601. The summed E-state index contributed by atoms with van der Waals surface area (Å²) in [6, 6.07) is 1.88. The minimum absolute atomic E-state index is 0.290. The van der Waals surface area contributed by atoms with Gasteiger partial charge >= 0.3 is 5.97 Å². The van der Waals surface area contributed by atoms with E-state index in [1.807, 2.05) is 0 Å². The Morgan fingerprint density at radius 2 is 2.42 bits per heavy atom. The molecule has 1 aromatic heterocycles. The van der Waals surface area contributed by atoms with E-state index in [1.165, 1.54) is 7.11 Å². The van der Waals surface area contributed by atoms with Crippen molar-refractivity contribution >= 4 is 17.5 Å². The maximum Gasteiger partial charge on any atom is 0.341 e. The fourth-order valence-electron chi connectivity index (χ4n) is 2.34. The van der Waals surface area contributed by atoms with Gasteiger partial charge in [-0.3, -0.25) is 0 Å². The SMILES string of the molecule is COC(=O)c1cc(N)cnc1NC1CCCN(C)C1. The number of hydrogen-bond donors (Lipinski definition) is 2. The first-order chi connectivity index (χ1) is 9.10. The number of piperidine rings is 1. The second kappa shape index (κ2) is 5.88. The van der Waals surface area contributed by atoms with Crippen molar-refractivity contribution in [1.29, 1.82) is 0 Å². The van der Waals surface area contributed by atoms with E-state index in [0.29, 0.717) is 23.1 Å². The molecule has 0 aromatic carbocycles. The predicted octanol–water partition coefficient (Wildman–Crippen LogP) is 0.956. The van der Waals surface area contributed by atoms with Crippen LogP contribution in [0.2, 0.25) is 0 Å². The van der Waals surface area contributed by atoms with Crippen LogP contribution in [-0.4, -0.2) is 49.1 Å². The van der Waals surface area contributed by atoms with Crippen LogP contribution in [0.25, 0.3) is 0 Å². The molecule has 0 bridgehead atoms. The molecule has 104 valence electrons. The van der Waals surface area contributed by atoms with Crippen LogP contribution in [0.15, 0.2) is 12.3 Å². The number of nitrogens with zero attached hydrogens (tertiary/aromatic N) is 2. The number of carbonyl (C=O) groups excluding carboxylic acids is 1. The third-order valence-corrected chi connectivity index (χ3v) is 3.28. The van der Waals surface area contributed by atoms with Gasteiger partial charge in [-0.05, 0) is 32.5 Å². The first kappa shape index (κ1) is 13.6. The number of pyridine rings is 1. The van der Waals surface area contributed by atoms with Crippen LogP contribution in [-0.2, 0) is 4.74 Å². The molecular formula is C13H20N4O2. The van der Waals surface area contributed by atoms with Gasteiger partial charge in [0.05, 0.1) is 19.0 Å². The van der Waals surface area contributed by atoms with Crippen molar-refractivity contribution in [2.75, 3.05) is 38.3 Å². The first-order valence-corrected chi connectivity index (χ1v) is 6.39. The zero-order chi connectivity index (χ0) is 13.8. The number of methoxy groups -OCH3 is 1. The number of nitrogens with two attached hydrogens (primary N) is 1. The summed E-state index contributed by atoms with van der Waals surface area (Å²) in [6.45, 7) is 2.05. The highest BCUT2D eigenvalue weighted by molar-refractivity contribution is 5.95. The van der Waals surface area contributed by atoms with Crippen molar-refractivity contribution in [3.05, 3.63) is 17.8 Å². The van der Waals surface area contributed by atoms with Crippen molar-refractivity contribution in [3.8, 4) is 0 Å². The molecule has 1 fully saturated rings. The normalized spacial score (nSPS) is 20.0. The van der Waals surface area contributed by atoms with Gasteiger partial charge in [-0.2, -0.15) is 0 Å².